The Bertz CT molecular complexity index is 1510. The molecule has 3 aromatic carbocycles. The van der Waals surface area contributed by atoms with Crippen molar-refractivity contribution in [1.29, 1.82) is 0 Å². The third-order valence-corrected chi connectivity index (χ3v) is 7.01. The molecular formula is C30H27Cl2NO6. The van der Waals surface area contributed by atoms with E-state index in [1.165, 1.54) is 13.8 Å². The molecule has 1 aliphatic rings. The normalized spacial score (nSPS) is 16.0. The third-order valence-electron chi connectivity index (χ3n) is 6.48. The zero-order chi connectivity index (χ0) is 27.7. The summed E-state index contributed by atoms with van der Waals surface area (Å²) in [4.78, 5) is 29.8. The number of carbonyl (C=O) groups excluding carboxylic acids is 2. The highest BCUT2D eigenvalue weighted by Gasteiger charge is 2.49. The van der Waals surface area contributed by atoms with Crippen molar-refractivity contribution in [3.8, 4) is 11.5 Å². The number of hydrogen-bond donors (Lipinski definition) is 1. The Morgan fingerprint density at radius 2 is 1.67 bits per heavy atom. The number of cyclic esters (lactones) is 2. The molecule has 0 unspecified atom stereocenters. The van der Waals surface area contributed by atoms with Crippen LogP contribution in [-0.4, -0.2) is 29.3 Å². The Kier molecular flexibility index (Phi) is 7.47. The molecule has 9 heteroatoms. The number of fused-ring (bicyclic) bond motifs is 1. The summed E-state index contributed by atoms with van der Waals surface area (Å²) in [7, 11) is 0. The van der Waals surface area contributed by atoms with E-state index in [2.05, 4.69) is 4.98 Å². The van der Waals surface area contributed by atoms with E-state index in [0.29, 0.717) is 28.7 Å². The molecule has 0 radical (unpaired) electrons. The Morgan fingerprint density at radius 1 is 0.974 bits per heavy atom. The summed E-state index contributed by atoms with van der Waals surface area (Å²) < 4.78 is 23.0. The molecule has 0 saturated carbocycles. The van der Waals surface area contributed by atoms with Gasteiger partial charge in [-0.05, 0) is 53.9 Å². The van der Waals surface area contributed by atoms with Gasteiger partial charge in [-0.15, -0.1) is 0 Å². The molecule has 202 valence electrons. The third kappa shape index (κ3) is 5.56. The molecule has 5 rings (SSSR count). The fourth-order valence-corrected chi connectivity index (χ4v) is 5.21. The Hall–Kier alpha value is -3.68. The molecule has 39 heavy (non-hydrogen) atoms. The molecule has 1 atom stereocenters. The lowest BCUT2D eigenvalue weighted by atomic mass is 9.79. The topological polar surface area (TPSA) is 86.9 Å². The monoisotopic (exact) mass is 567 g/mol. The zero-order valence-electron chi connectivity index (χ0n) is 21.6. The number of rotatable bonds is 8. The molecule has 1 aromatic heterocycles. The van der Waals surface area contributed by atoms with E-state index < -0.39 is 29.6 Å². The van der Waals surface area contributed by atoms with Crippen LogP contribution in [0.1, 0.15) is 43.4 Å². The van der Waals surface area contributed by atoms with E-state index >= 15 is 0 Å². The molecule has 4 aromatic rings. The number of aromatic nitrogens is 1. The number of benzene rings is 3. The van der Waals surface area contributed by atoms with E-state index in [1.807, 2.05) is 43.3 Å². The van der Waals surface area contributed by atoms with Gasteiger partial charge >= 0.3 is 11.9 Å². The van der Waals surface area contributed by atoms with Crippen molar-refractivity contribution in [2.75, 3.05) is 6.61 Å². The fourth-order valence-electron chi connectivity index (χ4n) is 4.81. The predicted molar refractivity (Wildman–Crippen MR) is 148 cm³/mol. The Morgan fingerprint density at radius 3 is 2.36 bits per heavy atom. The van der Waals surface area contributed by atoms with Crippen molar-refractivity contribution in [3.63, 3.8) is 0 Å². The van der Waals surface area contributed by atoms with Crippen molar-refractivity contribution in [1.82, 2.24) is 4.98 Å². The number of carbonyl (C=O) groups is 2. The average molecular weight is 568 g/mol. The lowest BCUT2D eigenvalue weighted by Gasteiger charge is -2.36. The summed E-state index contributed by atoms with van der Waals surface area (Å²) in [5, 5.41) is 1.75. The number of esters is 2. The van der Waals surface area contributed by atoms with Crippen LogP contribution in [0.4, 0.5) is 0 Å². The molecule has 1 aliphatic heterocycles. The minimum atomic E-state index is -1.36. The van der Waals surface area contributed by atoms with Gasteiger partial charge in [-0.2, -0.15) is 0 Å². The van der Waals surface area contributed by atoms with Crippen LogP contribution in [0.15, 0.2) is 66.9 Å². The SMILES string of the molecule is CCOc1cc([C@H](c2c[nH]c3ccccc23)C2C(=O)OC(C)(C)OC2=O)cc(Cl)c1OCc1ccc(Cl)cc1. The van der Waals surface area contributed by atoms with Crippen molar-refractivity contribution in [3.05, 3.63) is 93.6 Å². The summed E-state index contributed by atoms with van der Waals surface area (Å²) in [5.41, 5.74) is 3.05. The van der Waals surface area contributed by atoms with E-state index in [1.54, 1.807) is 30.5 Å². The van der Waals surface area contributed by atoms with Gasteiger partial charge in [-0.25, -0.2) is 0 Å². The standard InChI is InChI=1S/C30H27Cl2NO6/c1-4-36-24-14-18(13-22(32)27(24)37-16-17-9-11-19(31)12-10-17)25(21-15-33-23-8-6-5-7-20(21)23)26-28(34)38-30(2,3)39-29(26)35/h5-15,25-26,33H,4,16H2,1-3H3/t25-/m1/s1. The minimum Gasteiger partial charge on any atom is -0.490 e. The maximum atomic E-state index is 13.3. The summed E-state index contributed by atoms with van der Waals surface area (Å²) in [6, 6.07) is 18.4. The first-order valence-corrected chi connectivity index (χ1v) is 13.3. The van der Waals surface area contributed by atoms with Crippen molar-refractivity contribution < 1.29 is 28.5 Å². The number of para-hydroxylation sites is 1. The van der Waals surface area contributed by atoms with Gasteiger partial charge in [0.25, 0.3) is 5.79 Å². The second-order valence-electron chi connectivity index (χ2n) is 9.67. The first-order chi connectivity index (χ1) is 18.7. The fraction of sp³-hybridized carbons (Fsp3) is 0.267. The first-order valence-electron chi connectivity index (χ1n) is 12.5. The van der Waals surface area contributed by atoms with Gasteiger partial charge in [0.05, 0.1) is 11.6 Å². The number of hydrogen-bond acceptors (Lipinski definition) is 6. The van der Waals surface area contributed by atoms with E-state index in [4.69, 9.17) is 42.1 Å². The summed E-state index contributed by atoms with van der Waals surface area (Å²) in [6.07, 6.45) is 1.79. The van der Waals surface area contributed by atoms with Gasteiger partial charge in [0, 0.05) is 41.9 Å². The first kappa shape index (κ1) is 26.9. The number of H-pyrrole nitrogens is 1. The minimum absolute atomic E-state index is 0.235. The van der Waals surface area contributed by atoms with Gasteiger partial charge in [-0.3, -0.25) is 9.59 Å². The van der Waals surface area contributed by atoms with Crippen LogP contribution in [0.25, 0.3) is 10.9 Å². The Labute approximate surface area is 235 Å². The van der Waals surface area contributed by atoms with Crippen molar-refractivity contribution in [2.24, 2.45) is 5.92 Å². The van der Waals surface area contributed by atoms with Crippen LogP contribution in [-0.2, 0) is 25.7 Å². The maximum Gasteiger partial charge on any atom is 0.324 e. The van der Waals surface area contributed by atoms with Crippen molar-refractivity contribution in [2.45, 2.75) is 39.1 Å². The van der Waals surface area contributed by atoms with E-state index in [-0.39, 0.29) is 11.6 Å². The molecule has 1 fully saturated rings. The summed E-state index contributed by atoms with van der Waals surface area (Å²) >= 11 is 12.8. The van der Waals surface area contributed by atoms with Gasteiger partial charge in [0.15, 0.2) is 17.4 Å². The van der Waals surface area contributed by atoms with Crippen LogP contribution in [0.2, 0.25) is 10.0 Å². The number of ether oxygens (including phenoxy) is 4. The van der Waals surface area contributed by atoms with Gasteiger partial charge in [0.1, 0.15) is 6.61 Å². The highest BCUT2D eigenvalue weighted by Crippen LogP contribution is 2.45. The second-order valence-corrected chi connectivity index (χ2v) is 10.5. The largest absolute Gasteiger partial charge is 0.490 e. The molecule has 0 bridgehead atoms. The molecule has 0 spiro atoms. The van der Waals surface area contributed by atoms with E-state index in [9.17, 15) is 9.59 Å². The van der Waals surface area contributed by atoms with Crippen LogP contribution in [0, 0.1) is 5.92 Å². The van der Waals surface area contributed by atoms with Crippen LogP contribution in [0.3, 0.4) is 0 Å². The smallest absolute Gasteiger partial charge is 0.324 e. The molecule has 7 nitrogen and oxygen atoms in total. The van der Waals surface area contributed by atoms with Crippen LogP contribution < -0.4 is 9.47 Å². The zero-order valence-corrected chi connectivity index (χ0v) is 23.1. The average Bonchev–Trinajstić information content (AvgIpc) is 3.30. The van der Waals surface area contributed by atoms with Crippen LogP contribution >= 0.6 is 23.2 Å². The molecule has 0 amide bonds. The molecular weight excluding hydrogens is 541 g/mol. The highest BCUT2D eigenvalue weighted by atomic mass is 35.5. The highest BCUT2D eigenvalue weighted by molar-refractivity contribution is 6.32. The quantitative estimate of drug-likeness (QED) is 0.181. The molecule has 1 saturated heterocycles. The summed E-state index contributed by atoms with van der Waals surface area (Å²) in [5.74, 6) is -4.01. The summed E-state index contributed by atoms with van der Waals surface area (Å²) in [6.45, 7) is 5.47. The lowest BCUT2D eigenvalue weighted by Crippen LogP contribution is -2.48. The molecule has 1 N–H and O–H groups in total. The number of aromatic amines is 1. The lowest BCUT2D eigenvalue weighted by molar-refractivity contribution is -0.240. The Balaban J connectivity index is 1.60. The maximum absolute atomic E-state index is 13.3. The molecule has 0 aliphatic carbocycles. The van der Waals surface area contributed by atoms with Crippen molar-refractivity contribution >= 4 is 46.0 Å². The van der Waals surface area contributed by atoms with Gasteiger partial charge in [0.2, 0.25) is 0 Å². The number of nitrogens with one attached hydrogen (secondary N) is 1. The number of halogens is 2. The second kappa shape index (κ2) is 10.8. The van der Waals surface area contributed by atoms with Gasteiger partial charge < -0.3 is 23.9 Å². The molecule has 2 heterocycles. The van der Waals surface area contributed by atoms with Crippen LogP contribution in [0.5, 0.6) is 11.5 Å². The van der Waals surface area contributed by atoms with E-state index in [0.717, 1.165) is 22.0 Å². The van der Waals surface area contributed by atoms with Gasteiger partial charge in [-0.1, -0.05) is 53.5 Å². The predicted octanol–water partition coefficient (Wildman–Crippen LogP) is 7.04.